The zero-order valence-corrected chi connectivity index (χ0v) is 15.2. The van der Waals surface area contributed by atoms with E-state index in [2.05, 4.69) is 79.7 Å². The lowest BCUT2D eigenvalue weighted by atomic mass is 9.99. The number of thioether (sulfide) groups is 1. The maximum atomic E-state index is 6.05. The molecular formula is C20H27NOS. The SMILES string of the molecule is CCN(C)CC(COc1ccc(SC)cc1)Cc1ccccc1. The van der Waals surface area contributed by atoms with Gasteiger partial charge in [-0.15, -0.1) is 11.8 Å². The highest BCUT2D eigenvalue weighted by Crippen LogP contribution is 2.20. The molecule has 2 aromatic rings. The Bertz CT molecular complexity index is 556. The summed E-state index contributed by atoms with van der Waals surface area (Å²) in [5.41, 5.74) is 1.38. The standard InChI is InChI=1S/C20H27NOS/c1-4-21(2)15-18(14-17-8-6-5-7-9-17)16-22-19-10-12-20(23-3)13-11-19/h5-13,18H,4,14-16H2,1-3H3. The molecule has 2 nitrogen and oxygen atoms in total. The van der Waals surface area contributed by atoms with Crippen molar-refractivity contribution in [1.82, 2.24) is 4.90 Å². The Morgan fingerprint density at radius 2 is 1.74 bits per heavy atom. The van der Waals surface area contributed by atoms with Gasteiger partial charge in [0.1, 0.15) is 5.75 Å². The van der Waals surface area contributed by atoms with Crippen LogP contribution in [0.3, 0.4) is 0 Å². The Kier molecular flexibility index (Phi) is 7.50. The van der Waals surface area contributed by atoms with E-state index < -0.39 is 0 Å². The number of hydrogen-bond acceptors (Lipinski definition) is 3. The zero-order valence-electron chi connectivity index (χ0n) is 14.4. The Labute approximate surface area is 144 Å². The van der Waals surface area contributed by atoms with Crippen LogP contribution in [-0.2, 0) is 6.42 Å². The first-order valence-electron chi connectivity index (χ1n) is 8.20. The normalized spacial score (nSPS) is 12.3. The van der Waals surface area contributed by atoms with Crippen molar-refractivity contribution in [3.63, 3.8) is 0 Å². The number of benzene rings is 2. The van der Waals surface area contributed by atoms with Crippen molar-refractivity contribution < 1.29 is 4.74 Å². The first kappa shape index (κ1) is 17.9. The number of nitrogens with zero attached hydrogens (tertiary/aromatic N) is 1. The van der Waals surface area contributed by atoms with Crippen LogP contribution in [0.25, 0.3) is 0 Å². The van der Waals surface area contributed by atoms with Crippen molar-refractivity contribution in [1.29, 1.82) is 0 Å². The second kappa shape index (κ2) is 9.64. The Hall–Kier alpha value is -1.45. The first-order valence-corrected chi connectivity index (χ1v) is 9.43. The Balaban J connectivity index is 1.95. The molecule has 23 heavy (non-hydrogen) atoms. The molecule has 0 amide bonds. The summed E-state index contributed by atoms with van der Waals surface area (Å²) in [4.78, 5) is 3.62. The molecule has 1 atom stereocenters. The number of hydrogen-bond donors (Lipinski definition) is 0. The average molecular weight is 330 g/mol. The van der Waals surface area contributed by atoms with Crippen LogP contribution in [0.5, 0.6) is 5.75 Å². The van der Waals surface area contributed by atoms with Crippen molar-refractivity contribution in [3.05, 3.63) is 60.2 Å². The average Bonchev–Trinajstić information content (AvgIpc) is 2.61. The smallest absolute Gasteiger partial charge is 0.119 e. The van der Waals surface area contributed by atoms with Gasteiger partial charge in [0.05, 0.1) is 6.61 Å². The first-order chi connectivity index (χ1) is 11.2. The summed E-state index contributed by atoms with van der Waals surface area (Å²) >= 11 is 1.75. The predicted octanol–water partition coefficient (Wildman–Crippen LogP) is 4.60. The van der Waals surface area contributed by atoms with E-state index in [1.165, 1.54) is 10.5 Å². The molecule has 2 aromatic carbocycles. The predicted molar refractivity (Wildman–Crippen MR) is 101 cm³/mol. The molecule has 2 rings (SSSR count). The topological polar surface area (TPSA) is 12.5 Å². The van der Waals surface area contributed by atoms with Crippen LogP contribution in [0.1, 0.15) is 12.5 Å². The molecule has 0 aliphatic rings. The second-order valence-electron chi connectivity index (χ2n) is 5.90. The van der Waals surface area contributed by atoms with Crippen molar-refractivity contribution >= 4 is 11.8 Å². The molecule has 0 aliphatic carbocycles. The fraction of sp³-hybridized carbons (Fsp3) is 0.400. The van der Waals surface area contributed by atoms with Crippen LogP contribution < -0.4 is 4.74 Å². The highest BCUT2D eigenvalue weighted by atomic mass is 32.2. The van der Waals surface area contributed by atoms with Crippen molar-refractivity contribution in [2.75, 3.05) is 33.0 Å². The molecule has 1 unspecified atom stereocenters. The summed E-state index contributed by atoms with van der Waals surface area (Å²) in [5.74, 6) is 1.45. The molecule has 0 heterocycles. The van der Waals surface area contributed by atoms with Crippen LogP contribution in [0.15, 0.2) is 59.5 Å². The van der Waals surface area contributed by atoms with E-state index in [1.54, 1.807) is 11.8 Å². The highest BCUT2D eigenvalue weighted by Gasteiger charge is 2.13. The minimum Gasteiger partial charge on any atom is -0.493 e. The van der Waals surface area contributed by atoms with Gasteiger partial charge in [-0.25, -0.2) is 0 Å². The maximum Gasteiger partial charge on any atom is 0.119 e. The Morgan fingerprint density at radius 3 is 2.35 bits per heavy atom. The minimum absolute atomic E-state index is 0.488. The third-order valence-corrected chi connectivity index (χ3v) is 4.77. The zero-order chi connectivity index (χ0) is 16.5. The molecule has 3 heteroatoms. The molecule has 0 saturated carbocycles. The van der Waals surface area contributed by atoms with Crippen LogP contribution in [-0.4, -0.2) is 37.9 Å². The lowest BCUT2D eigenvalue weighted by Gasteiger charge is -2.23. The Morgan fingerprint density at radius 1 is 1.04 bits per heavy atom. The molecule has 0 aliphatic heterocycles. The van der Waals surface area contributed by atoms with Crippen molar-refractivity contribution in [3.8, 4) is 5.75 Å². The van der Waals surface area contributed by atoms with Gasteiger partial charge in [0, 0.05) is 17.4 Å². The largest absolute Gasteiger partial charge is 0.493 e. The third-order valence-electron chi connectivity index (χ3n) is 4.02. The summed E-state index contributed by atoms with van der Waals surface area (Å²) in [5, 5.41) is 0. The van der Waals surface area contributed by atoms with Crippen LogP contribution in [0, 0.1) is 5.92 Å². The van der Waals surface area contributed by atoms with Gasteiger partial charge in [-0.1, -0.05) is 37.3 Å². The van der Waals surface area contributed by atoms with E-state index >= 15 is 0 Å². The molecule has 0 radical (unpaired) electrons. The summed E-state index contributed by atoms with van der Waals surface area (Å²) in [6, 6.07) is 19.0. The molecule has 0 saturated heterocycles. The van der Waals surface area contributed by atoms with Gasteiger partial charge >= 0.3 is 0 Å². The summed E-state index contributed by atoms with van der Waals surface area (Å²) in [6.07, 6.45) is 3.14. The summed E-state index contributed by atoms with van der Waals surface area (Å²) < 4.78 is 6.05. The van der Waals surface area contributed by atoms with Gasteiger partial charge in [-0.05, 0) is 56.1 Å². The van der Waals surface area contributed by atoms with E-state index in [0.717, 1.165) is 31.9 Å². The molecule has 0 aromatic heterocycles. The van der Waals surface area contributed by atoms with Gasteiger partial charge in [0.2, 0.25) is 0 Å². The van der Waals surface area contributed by atoms with E-state index in [1.807, 2.05) is 0 Å². The number of rotatable bonds is 9. The molecule has 0 N–H and O–H groups in total. The van der Waals surface area contributed by atoms with E-state index in [4.69, 9.17) is 4.74 Å². The highest BCUT2D eigenvalue weighted by molar-refractivity contribution is 7.98. The fourth-order valence-corrected chi connectivity index (χ4v) is 2.99. The maximum absolute atomic E-state index is 6.05. The lowest BCUT2D eigenvalue weighted by Crippen LogP contribution is -2.30. The van der Waals surface area contributed by atoms with E-state index in [9.17, 15) is 0 Å². The van der Waals surface area contributed by atoms with Gasteiger partial charge in [0.15, 0.2) is 0 Å². The van der Waals surface area contributed by atoms with Crippen molar-refractivity contribution in [2.45, 2.75) is 18.2 Å². The quantitative estimate of drug-likeness (QED) is 0.624. The summed E-state index contributed by atoms with van der Waals surface area (Å²) in [7, 11) is 2.17. The molecule has 0 spiro atoms. The third kappa shape index (κ3) is 6.28. The van der Waals surface area contributed by atoms with E-state index in [-0.39, 0.29) is 0 Å². The van der Waals surface area contributed by atoms with Gasteiger partial charge in [0.25, 0.3) is 0 Å². The lowest BCUT2D eigenvalue weighted by molar-refractivity contribution is 0.198. The van der Waals surface area contributed by atoms with Crippen LogP contribution >= 0.6 is 11.8 Å². The van der Waals surface area contributed by atoms with Crippen LogP contribution in [0.2, 0.25) is 0 Å². The van der Waals surface area contributed by atoms with Crippen LogP contribution in [0.4, 0.5) is 0 Å². The summed E-state index contributed by atoms with van der Waals surface area (Å²) in [6.45, 7) is 5.06. The molecule has 0 bridgehead atoms. The fourth-order valence-electron chi connectivity index (χ4n) is 2.58. The van der Waals surface area contributed by atoms with Gasteiger partial charge in [-0.2, -0.15) is 0 Å². The minimum atomic E-state index is 0.488. The monoisotopic (exact) mass is 329 g/mol. The van der Waals surface area contributed by atoms with E-state index in [0.29, 0.717) is 5.92 Å². The molecule has 0 fully saturated rings. The van der Waals surface area contributed by atoms with Gasteiger partial charge < -0.3 is 9.64 Å². The van der Waals surface area contributed by atoms with Gasteiger partial charge in [-0.3, -0.25) is 0 Å². The van der Waals surface area contributed by atoms with Crippen molar-refractivity contribution in [2.24, 2.45) is 5.92 Å². The molecular weight excluding hydrogens is 302 g/mol. The number of ether oxygens (including phenoxy) is 1. The second-order valence-corrected chi connectivity index (χ2v) is 6.78. The molecule has 124 valence electrons.